The van der Waals surface area contributed by atoms with Gasteiger partial charge < -0.3 is 4.57 Å². The predicted octanol–water partition coefficient (Wildman–Crippen LogP) is 5.27. The van der Waals surface area contributed by atoms with E-state index in [-0.39, 0.29) is 10.8 Å². The fraction of sp³-hybridized carbons (Fsp3) is 0.296. The van der Waals surface area contributed by atoms with Crippen molar-refractivity contribution in [2.75, 3.05) is 4.72 Å². The Labute approximate surface area is 206 Å². The number of aromatic nitrogens is 4. The van der Waals surface area contributed by atoms with Crippen molar-refractivity contribution in [3.63, 3.8) is 0 Å². The number of nitrogens with one attached hydrogen (secondary N) is 1. The van der Waals surface area contributed by atoms with Crippen molar-refractivity contribution < 1.29 is 8.42 Å². The summed E-state index contributed by atoms with van der Waals surface area (Å²) in [6, 6.07) is 15.3. The van der Waals surface area contributed by atoms with E-state index in [0.717, 1.165) is 35.5 Å². The molecule has 0 saturated heterocycles. The molecule has 7 nitrogen and oxygen atoms in total. The molecule has 0 aliphatic heterocycles. The Hall–Kier alpha value is -3.52. The van der Waals surface area contributed by atoms with E-state index in [9.17, 15) is 8.42 Å². The molecule has 35 heavy (non-hydrogen) atoms. The zero-order valence-electron chi connectivity index (χ0n) is 19.9. The average Bonchev–Trinajstić information content (AvgIpc) is 3.58. The molecule has 180 valence electrons. The van der Waals surface area contributed by atoms with E-state index in [2.05, 4.69) is 50.2 Å². The van der Waals surface area contributed by atoms with Gasteiger partial charge in [0.1, 0.15) is 5.82 Å². The quantitative estimate of drug-likeness (QED) is 0.348. The summed E-state index contributed by atoms with van der Waals surface area (Å²) in [5, 5.41) is 0. The maximum Gasteiger partial charge on any atom is 0.264 e. The summed E-state index contributed by atoms with van der Waals surface area (Å²) in [6.07, 6.45) is 10.2. The topological polar surface area (TPSA) is 89.8 Å². The molecule has 5 rings (SSSR count). The first kappa shape index (κ1) is 23.2. The van der Waals surface area contributed by atoms with Crippen molar-refractivity contribution in [3.8, 4) is 11.1 Å². The van der Waals surface area contributed by atoms with Crippen LogP contribution in [-0.4, -0.2) is 27.9 Å². The molecule has 2 aromatic carbocycles. The van der Waals surface area contributed by atoms with Crippen LogP contribution in [0.3, 0.4) is 0 Å². The molecule has 0 spiro atoms. The number of benzene rings is 2. The van der Waals surface area contributed by atoms with Gasteiger partial charge in [0.25, 0.3) is 10.0 Å². The predicted molar refractivity (Wildman–Crippen MR) is 137 cm³/mol. The van der Waals surface area contributed by atoms with Gasteiger partial charge in [-0.1, -0.05) is 44.2 Å². The van der Waals surface area contributed by atoms with Crippen molar-refractivity contribution in [2.45, 2.75) is 50.5 Å². The summed E-state index contributed by atoms with van der Waals surface area (Å²) < 4.78 is 31.3. The number of anilines is 1. The van der Waals surface area contributed by atoms with Crippen LogP contribution in [0.1, 0.15) is 49.6 Å². The normalized spacial score (nSPS) is 13.8. The summed E-state index contributed by atoms with van der Waals surface area (Å²) >= 11 is 0. The monoisotopic (exact) mass is 487 g/mol. The molecule has 1 saturated carbocycles. The molecular formula is C27H29N5O2S. The molecule has 4 aromatic rings. The number of imidazole rings is 1. The largest absolute Gasteiger partial charge is 0.330 e. The molecule has 1 aliphatic rings. The van der Waals surface area contributed by atoms with Crippen LogP contribution in [0.15, 0.2) is 78.2 Å². The van der Waals surface area contributed by atoms with Crippen LogP contribution in [-0.2, 0) is 23.0 Å². The van der Waals surface area contributed by atoms with E-state index in [4.69, 9.17) is 0 Å². The smallest absolute Gasteiger partial charge is 0.264 e. The van der Waals surface area contributed by atoms with Gasteiger partial charge in [-0.3, -0.25) is 0 Å². The van der Waals surface area contributed by atoms with Crippen molar-refractivity contribution >= 4 is 16.0 Å². The first-order valence-electron chi connectivity index (χ1n) is 11.9. The average molecular weight is 488 g/mol. The van der Waals surface area contributed by atoms with E-state index >= 15 is 0 Å². The van der Waals surface area contributed by atoms with Crippen LogP contribution in [0, 0.1) is 5.92 Å². The highest BCUT2D eigenvalue weighted by molar-refractivity contribution is 7.92. The lowest BCUT2D eigenvalue weighted by Crippen LogP contribution is -2.16. The van der Waals surface area contributed by atoms with E-state index in [0.29, 0.717) is 17.4 Å². The fourth-order valence-corrected chi connectivity index (χ4v) is 5.47. The molecule has 0 bridgehead atoms. The van der Waals surface area contributed by atoms with Gasteiger partial charge in [-0.15, -0.1) is 0 Å². The number of sulfonamides is 1. The van der Waals surface area contributed by atoms with Gasteiger partial charge in [0.05, 0.1) is 4.90 Å². The minimum atomic E-state index is -3.88. The second-order valence-corrected chi connectivity index (χ2v) is 11.1. The minimum Gasteiger partial charge on any atom is -0.330 e. The van der Waals surface area contributed by atoms with Gasteiger partial charge in [-0.05, 0) is 60.1 Å². The van der Waals surface area contributed by atoms with Crippen LogP contribution in [0.2, 0.25) is 0 Å². The molecule has 0 radical (unpaired) electrons. The fourth-order valence-electron chi connectivity index (χ4n) is 4.30. The summed E-state index contributed by atoms with van der Waals surface area (Å²) in [4.78, 5) is 12.8. The summed E-state index contributed by atoms with van der Waals surface area (Å²) in [7, 11) is -3.88. The van der Waals surface area contributed by atoms with Gasteiger partial charge in [0.2, 0.25) is 5.95 Å². The highest BCUT2D eigenvalue weighted by Crippen LogP contribution is 2.39. The third-order valence-corrected chi connectivity index (χ3v) is 7.46. The van der Waals surface area contributed by atoms with Gasteiger partial charge in [-0.2, -0.15) is 0 Å². The Balaban J connectivity index is 1.47. The maximum absolute atomic E-state index is 13.3. The standard InChI is InChI=1S/C27H29N5O2S/c1-19(2)16-21-6-11-25(35(33,34)31-27-29-12-3-13-30-27)24(17-21)22-7-4-20(5-8-22)18-32-15-14-28-26(32)23-9-10-23/h3-8,11-15,17,19,23H,9-10,16,18H2,1-2H3,(H,29,30,31). The Kier molecular flexibility index (Phi) is 6.38. The Morgan fingerprint density at radius 2 is 1.69 bits per heavy atom. The summed E-state index contributed by atoms with van der Waals surface area (Å²) in [5.74, 6) is 2.24. The van der Waals surface area contributed by atoms with Gasteiger partial charge in [0.15, 0.2) is 0 Å². The zero-order chi connectivity index (χ0) is 24.4. The Morgan fingerprint density at radius 3 is 2.37 bits per heavy atom. The number of rotatable bonds is 9. The van der Waals surface area contributed by atoms with E-state index in [1.165, 1.54) is 25.2 Å². The lowest BCUT2D eigenvalue weighted by Gasteiger charge is -2.15. The minimum absolute atomic E-state index is 0.0480. The highest BCUT2D eigenvalue weighted by atomic mass is 32.2. The number of hydrogen-bond acceptors (Lipinski definition) is 5. The molecule has 2 aromatic heterocycles. The molecule has 0 unspecified atom stereocenters. The van der Waals surface area contributed by atoms with Gasteiger partial charge >= 0.3 is 0 Å². The second kappa shape index (κ2) is 9.62. The Morgan fingerprint density at radius 1 is 0.971 bits per heavy atom. The van der Waals surface area contributed by atoms with Crippen molar-refractivity contribution in [1.29, 1.82) is 0 Å². The van der Waals surface area contributed by atoms with Gasteiger partial charge in [0, 0.05) is 42.8 Å². The molecule has 2 heterocycles. The van der Waals surface area contributed by atoms with Gasteiger partial charge in [-0.25, -0.2) is 28.1 Å². The van der Waals surface area contributed by atoms with Crippen LogP contribution in [0.4, 0.5) is 5.95 Å². The third-order valence-electron chi connectivity index (χ3n) is 6.08. The molecule has 0 atom stereocenters. The summed E-state index contributed by atoms with van der Waals surface area (Å²) in [5.41, 5.74) is 3.76. The molecule has 1 N–H and O–H groups in total. The number of nitrogens with zero attached hydrogens (tertiary/aromatic N) is 4. The van der Waals surface area contributed by atoms with E-state index in [1.807, 2.05) is 36.7 Å². The molecular weight excluding hydrogens is 458 g/mol. The first-order valence-corrected chi connectivity index (χ1v) is 13.4. The van der Waals surface area contributed by atoms with Crippen LogP contribution >= 0.6 is 0 Å². The lowest BCUT2D eigenvalue weighted by atomic mass is 9.97. The maximum atomic E-state index is 13.3. The van der Waals surface area contributed by atoms with Crippen molar-refractivity contribution in [3.05, 3.63) is 90.3 Å². The molecule has 8 heteroatoms. The van der Waals surface area contributed by atoms with Crippen LogP contribution in [0.5, 0.6) is 0 Å². The van der Waals surface area contributed by atoms with Crippen molar-refractivity contribution in [2.24, 2.45) is 5.92 Å². The van der Waals surface area contributed by atoms with Crippen LogP contribution < -0.4 is 4.72 Å². The highest BCUT2D eigenvalue weighted by Gasteiger charge is 2.27. The molecule has 1 fully saturated rings. The van der Waals surface area contributed by atoms with E-state index < -0.39 is 10.0 Å². The first-order chi connectivity index (χ1) is 16.9. The number of hydrogen-bond donors (Lipinski definition) is 1. The third kappa shape index (κ3) is 5.43. The molecule has 0 amide bonds. The Bertz CT molecular complexity index is 1410. The SMILES string of the molecule is CC(C)Cc1ccc(S(=O)(=O)Nc2ncccn2)c(-c2ccc(Cn3ccnc3C3CC3)cc2)c1. The molecule has 1 aliphatic carbocycles. The van der Waals surface area contributed by atoms with E-state index in [1.54, 1.807) is 12.1 Å². The lowest BCUT2D eigenvalue weighted by molar-refractivity contribution is 0.601. The van der Waals surface area contributed by atoms with Crippen molar-refractivity contribution in [1.82, 2.24) is 19.5 Å². The zero-order valence-corrected chi connectivity index (χ0v) is 20.7. The van der Waals surface area contributed by atoms with Crippen LogP contribution in [0.25, 0.3) is 11.1 Å². The summed E-state index contributed by atoms with van der Waals surface area (Å²) in [6.45, 7) is 5.05. The second-order valence-electron chi connectivity index (χ2n) is 9.49.